The monoisotopic (exact) mass is 279 g/mol. The number of carboxylic acid groups (broad SMARTS) is 1. The zero-order chi connectivity index (χ0) is 14.2. The van der Waals surface area contributed by atoms with E-state index in [0.717, 1.165) is 4.90 Å². The second-order valence-corrected chi connectivity index (χ2v) is 4.28. The summed E-state index contributed by atoms with van der Waals surface area (Å²) in [6.45, 7) is -1.85. The van der Waals surface area contributed by atoms with E-state index < -0.39 is 49.7 Å². The minimum absolute atomic E-state index is 0.304. The van der Waals surface area contributed by atoms with Gasteiger partial charge in [0.1, 0.15) is 0 Å². The second kappa shape index (κ2) is 4.60. The molecular formula is C9H11F6NO2. The number of alkyl halides is 6. The molecule has 0 saturated carbocycles. The highest BCUT2D eigenvalue weighted by Crippen LogP contribution is 2.45. The minimum Gasteiger partial charge on any atom is -0.481 e. The van der Waals surface area contributed by atoms with Crippen molar-refractivity contribution in [2.45, 2.75) is 25.2 Å². The van der Waals surface area contributed by atoms with Gasteiger partial charge in [0.2, 0.25) is 0 Å². The van der Waals surface area contributed by atoms with Crippen molar-refractivity contribution < 1.29 is 36.2 Å². The number of carboxylic acids is 1. The maximum Gasteiger partial charge on any atom is 0.406 e. The number of hydrogen-bond acceptors (Lipinski definition) is 2. The lowest BCUT2D eigenvalue weighted by atomic mass is 9.86. The molecule has 0 amide bonds. The molecule has 3 nitrogen and oxygen atoms in total. The Bertz CT molecular complexity index is 326. The summed E-state index contributed by atoms with van der Waals surface area (Å²) in [5.74, 6) is -2.04. The molecule has 1 fully saturated rings. The van der Waals surface area contributed by atoms with Gasteiger partial charge in [-0.05, 0) is 13.0 Å². The van der Waals surface area contributed by atoms with E-state index in [0.29, 0.717) is 0 Å². The van der Waals surface area contributed by atoms with Crippen LogP contribution in [0.15, 0.2) is 0 Å². The predicted octanol–water partition coefficient (Wildman–Crippen LogP) is 2.28. The highest BCUT2D eigenvalue weighted by atomic mass is 19.4. The van der Waals surface area contributed by atoms with Gasteiger partial charge in [-0.25, -0.2) is 0 Å². The van der Waals surface area contributed by atoms with Crippen molar-refractivity contribution >= 4 is 5.97 Å². The molecule has 0 radical (unpaired) electrons. The lowest BCUT2D eigenvalue weighted by Gasteiger charge is -2.27. The van der Waals surface area contributed by atoms with Crippen LogP contribution in [0.1, 0.15) is 12.8 Å². The second-order valence-electron chi connectivity index (χ2n) is 4.28. The van der Waals surface area contributed by atoms with Crippen molar-refractivity contribution in [2.24, 2.45) is 5.41 Å². The molecule has 1 atom stereocenters. The highest BCUT2D eigenvalue weighted by Gasteiger charge is 2.63. The first-order valence-electron chi connectivity index (χ1n) is 5.07. The third kappa shape index (κ3) is 3.06. The third-order valence-corrected chi connectivity index (χ3v) is 3.01. The van der Waals surface area contributed by atoms with Gasteiger partial charge in [0, 0.05) is 13.1 Å². The molecular weight excluding hydrogens is 268 g/mol. The highest BCUT2D eigenvalue weighted by molar-refractivity contribution is 5.76. The van der Waals surface area contributed by atoms with E-state index in [-0.39, 0.29) is 6.54 Å². The average molecular weight is 279 g/mol. The van der Waals surface area contributed by atoms with Crippen LogP contribution in [-0.4, -0.2) is 48.0 Å². The Labute approximate surface area is 98.4 Å². The van der Waals surface area contributed by atoms with E-state index in [9.17, 15) is 31.1 Å². The van der Waals surface area contributed by atoms with Gasteiger partial charge < -0.3 is 10.0 Å². The topological polar surface area (TPSA) is 40.5 Å². The summed E-state index contributed by atoms with van der Waals surface area (Å²) >= 11 is 0. The van der Waals surface area contributed by atoms with Gasteiger partial charge in [-0.3, -0.25) is 4.79 Å². The molecule has 1 rings (SSSR count). The minimum atomic E-state index is -4.97. The van der Waals surface area contributed by atoms with E-state index >= 15 is 0 Å². The first kappa shape index (κ1) is 15.1. The van der Waals surface area contributed by atoms with Crippen molar-refractivity contribution in [3.63, 3.8) is 0 Å². The van der Waals surface area contributed by atoms with Gasteiger partial charge in [0.15, 0.2) is 5.41 Å². The van der Waals surface area contributed by atoms with Crippen LogP contribution in [0.5, 0.6) is 0 Å². The van der Waals surface area contributed by atoms with Gasteiger partial charge in [-0.1, -0.05) is 0 Å². The van der Waals surface area contributed by atoms with E-state index in [1.807, 2.05) is 0 Å². The summed E-state index contributed by atoms with van der Waals surface area (Å²) in [4.78, 5) is 11.6. The molecule has 0 aromatic carbocycles. The van der Waals surface area contributed by atoms with Crippen LogP contribution in [0.3, 0.4) is 0 Å². The standard InChI is InChI=1S/C9H11F6NO2/c10-8(11,12)2-4-16-3-1-7(5-16,6(17)18)9(13,14)15/h1-5H2,(H,17,18). The normalized spacial score (nSPS) is 26.6. The zero-order valence-electron chi connectivity index (χ0n) is 9.11. The summed E-state index contributed by atoms with van der Waals surface area (Å²) in [5, 5.41) is 8.68. The average Bonchev–Trinajstić information content (AvgIpc) is 2.57. The fourth-order valence-corrected chi connectivity index (χ4v) is 1.89. The van der Waals surface area contributed by atoms with Crippen LogP contribution in [0, 0.1) is 5.41 Å². The van der Waals surface area contributed by atoms with Crippen LogP contribution < -0.4 is 0 Å². The number of likely N-dealkylation sites (tertiary alicyclic amines) is 1. The number of aliphatic carboxylic acids is 1. The summed E-state index contributed by atoms with van der Waals surface area (Å²) in [6.07, 6.45) is -11.4. The Balaban J connectivity index is 2.70. The Morgan fingerprint density at radius 1 is 1.22 bits per heavy atom. The van der Waals surface area contributed by atoms with E-state index in [2.05, 4.69) is 0 Å². The van der Waals surface area contributed by atoms with Crippen LogP contribution >= 0.6 is 0 Å². The van der Waals surface area contributed by atoms with Crippen molar-refractivity contribution in [3.8, 4) is 0 Å². The molecule has 1 saturated heterocycles. The first-order valence-corrected chi connectivity index (χ1v) is 5.07. The maximum atomic E-state index is 12.7. The predicted molar refractivity (Wildman–Crippen MR) is 47.9 cm³/mol. The van der Waals surface area contributed by atoms with E-state index in [1.54, 1.807) is 0 Å². The molecule has 0 spiro atoms. The molecule has 0 aromatic rings. The summed E-state index contributed by atoms with van der Waals surface area (Å²) in [6, 6.07) is 0. The molecule has 1 heterocycles. The fourth-order valence-electron chi connectivity index (χ4n) is 1.89. The van der Waals surface area contributed by atoms with Crippen LogP contribution in [-0.2, 0) is 4.79 Å². The summed E-state index contributed by atoms with van der Waals surface area (Å²) in [5.41, 5.74) is -2.95. The number of carbonyl (C=O) groups is 1. The number of halogens is 6. The largest absolute Gasteiger partial charge is 0.481 e. The van der Waals surface area contributed by atoms with Crippen molar-refractivity contribution in [3.05, 3.63) is 0 Å². The number of hydrogen-bond donors (Lipinski definition) is 1. The maximum absolute atomic E-state index is 12.7. The van der Waals surface area contributed by atoms with Gasteiger partial charge in [0.05, 0.1) is 6.42 Å². The summed E-state index contributed by atoms with van der Waals surface area (Å²) in [7, 11) is 0. The molecule has 106 valence electrons. The molecule has 0 bridgehead atoms. The Morgan fingerprint density at radius 3 is 2.11 bits per heavy atom. The summed E-state index contributed by atoms with van der Waals surface area (Å²) < 4.78 is 73.8. The molecule has 9 heteroatoms. The molecule has 1 aliphatic rings. The lowest BCUT2D eigenvalue weighted by molar-refractivity contribution is -0.227. The quantitative estimate of drug-likeness (QED) is 0.806. The molecule has 18 heavy (non-hydrogen) atoms. The Kier molecular flexibility index (Phi) is 3.85. The third-order valence-electron chi connectivity index (χ3n) is 3.01. The molecule has 0 aliphatic carbocycles. The zero-order valence-corrected chi connectivity index (χ0v) is 9.11. The van der Waals surface area contributed by atoms with Crippen molar-refractivity contribution in [2.75, 3.05) is 19.6 Å². The van der Waals surface area contributed by atoms with Crippen molar-refractivity contribution in [1.29, 1.82) is 0 Å². The van der Waals surface area contributed by atoms with Gasteiger partial charge >= 0.3 is 18.3 Å². The van der Waals surface area contributed by atoms with E-state index in [1.165, 1.54) is 0 Å². The van der Waals surface area contributed by atoms with E-state index in [4.69, 9.17) is 5.11 Å². The molecule has 1 N–H and O–H groups in total. The fraction of sp³-hybridized carbons (Fsp3) is 0.889. The van der Waals surface area contributed by atoms with Crippen molar-refractivity contribution in [1.82, 2.24) is 4.90 Å². The van der Waals surface area contributed by atoms with Crippen LogP contribution in [0.4, 0.5) is 26.3 Å². The molecule has 1 unspecified atom stereocenters. The van der Waals surface area contributed by atoms with Gasteiger partial charge in [-0.2, -0.15) is 26.3 Å². The Morgan fingerprint density at radius 2 is 1.78 bits per heavy atom. The number of nitrogens with zero attached hydrogens (tertiary/aromatic N) is 1. The van der Waals surface area contributed by atoms with Crippen LogP contribution in [0.25, 0.3) is 0 Å². The number of rotatable bonds is 3. The Hall–Kier alpha value is -0.990. The lowest BCUT2D eigenvalue weighted by Crippen LogP contribution is -2.47. The van der Waals surface area contributed by atoms with Gasteiger partial charge in [-0.15, -0.1) is 0 Å². The van der Waals surface area contributed by atoms with Gasteiger partial charge in [0.25, 0.3) is 0 Å². The molecule has 1 aliphatic heterocycles. The van der Waals surface area contributed by atoms with Crippen LogP contribution in [0.2, 0.25) is 0 Å². The molecule has 0 aromatic heterocycles. The first-order chi connectivity index (χ1) is 7.98. The SMILES string of the molecule is O=C(O)C1(C(F)(F)F)CCN(CCC(F)(F)F)C1. The smallest absolute Gasteiger partial charge is 0.406 e.